The number of carbonyl (C=O) groups excluding carboxylic acids is 1. The minimum atomic E-state index is 0.0191. The molecule has 2 aromatic rings. The van der Waals surface area contributed by atoms with Crippen LogP contribution in [0.1, 0.15) is 29.0 Å². The van der Waals surface area contributed by atoms with Crippen LogP contribution in [0, 0.1) is 12.8 Å². The van der Waals surface area contributed by atoms with Crippen molar-refractivity contribution in [2.75, 3.05) is 26.7 Å². The normalized spacial score (nSPS) is 18.9. The third kappa shape index (κ3) is 2.92. The summed E-state index contributed by atoms with van der Waals surface area (Å²) in [4.78, 5) is 14.8. The van der Waals surface area contributed by atoms with Crippen LogP contribution in [-0.2, 0) is 0 Å². The van der Waals surface area contributed by atoms with E-state index in [4.69, 9.17) is 4.42 Å². The van der Waals surface area contributed by atoms with Gasteiger partial charge in [-0.15, -0.1) is 0 Å². The number of carbonyl (C=O) groups is 1. The number of nitrogens with zero attached hydrogens (tertiary/aromatic N) is 1. The highest BCUT2D eigenvalue weighted by molar-refractivity contribution is 9.10. The van der Waals surface area contributed by atoms with E-state index in [2.05, 4.69) is 21.2 Å². The molecule has 1 saturated heterocycles. The van der Waals surface area contributed by atoms with Gasteiger partial charge in [0.25, 0.3) is 5.91 Å². The second-order valence-electron chi connectivity index (χ2n) is 6.01. The molecule has 0 spiro atoms. The Kier molecular flexibility index (Phi) is 4.54. The van der Waals surface area contributed by atoms with Crippen LogP contribution in [0.2, 0.25) is 0 Å². The molecule has 2 heterocycles. The van der Waals surface area contributed by atoms with Crippen molar-refractivity contribution in [2.45, 2.75) is 19.8 Å². The van der Waals surface area contributed by atoms with E-state index >= 15 is 0 Å². The molecule has 3 rings (SSSR count). The number of hydrogen-bond acceptors (Lipinski definition) is 3. The number of aryl methyl sites for hydroxylation is 1. The SMILES string of the molecule is CNCC1CCCN(C(=O)c2oc3ccc(Br)cc3c2C)C1. The fraction of sp³-hybridized carbons (Fsp3) is 0.471. The Morgan fingerprint density at radius 2 is 2.32 bits per heavy atom. The van der Waals surface area contributed by atoms with Crippen molar-refractivity contribution in [2.24, 2.45) is 5.92 Å². The number of hydrogen-bond donors (Lipinski definition) is 1. The molecule has 118 valence electrons. The summed E-state index contributed by atoms with van der Waals surface area (Å²) in [5, 5.41) is 4.21. The van der Waals surface area contributed by atoms with Crippen molar-refractivity contribution >= 4 is 32.8 Å². The molecule has 1 aromatic carbocycles. The maximum absolute atomic E-state index is 12.8. The smallest absolute Gasteiger partial charge is 0.289 e. The number of amides is 1. The van der Waals surface area contributed by atoms with Gasteiger partial charge in [0.2, 0.25) is 0 Å². The Morgan fingerprint density at radius 1 is 1.50 bits per heavy atom. The highest BCUT2D eigenvalue weighted by atomic mass is 79.9. The lowest BCUT2D eigenvalue weighted by Crippen LogP contribution is -2.42. The number of furan rings is 1. The summed E-state index contributed by atoms with van der Waals surface area (Å²) in [6.07, 6.45) is 2.24. The number of rotatable bonds is 3. The molecule has 0 aliphatic carbocycles. The molecule has 1 aromatic heterocycles. The molecule has 0 radical (unpaired) electrons. The van der Waals surface area contributed by atoms with Gasteiger partial charge < -0.3 is 14.6 Å². The first-order chi connectivity index (χ1) is 10.6. The molecule has 1 amide bonds. The summed E-state index contributed by atoms with van der Waals surface area (Å²) < 4.78 is 6.83. The predicted molar refractivity (Wildman–Crippen MR) is 91.2 cm³/mol. The van der Waals surface area contributed by atoms with E-state index in [0.29, 0.717) is 11.7 Å². The molecule has 1 aliphatic heterocycles. The molecule has 1 unspecified atom stereocenters. The van der Waals surface area contributed by atoms with Gasteiger partial charge >= 0.3 is 0 Å². The van der Waals surface area contributed by atoms with Gasteiger partial charge in [0.15, 0.2) is 5.76 Å². The van der Waals surface area contributed by atoms with E-state index < -0.39 is 0 Å². The van der Waals surface area contributed by atoms with Crippen LogP contribution in [0.5, 0.6) is 0 Å². The molecule has 5 heteroatoms. The van der Waals surface area contributed by atoms with Crippen LogP contribution in [0.25, 0.3) is 11.0 Å². The van der Waals surface area contributed by atoms with Gasteiger partial charge in [0.05, 0.1) is 0 Å². The van der Waals surface area contributed by atoms with Gasteiger partial charge in [-0.05, 0) is 57.5 Å². The average Bonchev–Trinajstić information content (AvgIpc) is 2.84. The van der Waals surface area contributed by atoms with Crippen molar-refractivity contribution in [3.05, 3.63) is 34.0 Å². The van der Waals surface area contributed by atoms with E-state index in [1.807, 2.05) is 37.1 Å². The number of likely N-dealkylation sites (tertiary alicyclic amines) is 1. The van der Waals surface area contributed by atoms with Crippen LogP contribution in [-0.4, -0.2) is 37.5 Å². The molecular weight excluding hydrogens is 344 g/mol. The second kappa shape index (κ2) is 6.42. The molecule has 0 bridgehead atoms. The predicted octanol–water partition coefficient (Wildman–Crippen LogP) is 3.58. The minimum absolute atomic E-state index is 0.0191. The molecular formula is C17H21BrN2O2. The number of piperidine rings is 1. The summed E-state index contributed by atoms with van der Waals surface area (Å²) in [5.41, 5.74) is 1.70. The first-order valence-electron chi connectivity index (χ1n) is 7.72. The van der Waals surface area contributed by atoms with Gasteiger partial charge in [-0.25, -0.2) is 0 Å². The van der Waals surface area contributed by atoms with Crippen LogP contribution in [0.15, 0.2) is 27.1 Å². The van der Waals surface area contributed by atoms with Gasteiger partial charge in [-0.1, -0.05) is 15.9 Å². The first kappa shape index (κ1) is 15.6. The molecule has 22 heavy (non-hydrogen) atoms. The molecule has 1 N–H and O–H groups in total. The van der Waals surface area contributed by atoms with Crippen molar-refractivity contribution < 1.29 is 9.21 Å². The van der Waals surface area contributed by atoms with Gasteiger partial charge in [0.1, 0.15) is 5.58 Å². The van der Waals surface area contributed by atoms with Crippen molar-refractivity contribution in [1.29, 1.82) is 0 Å². The Bertz CT molecular complexity index is 693. The summed E-state index contributed by atoms with van der Waals surface area (Å²) in [6.45, 7) is 4.54. The highest BCUT2D eigenvalue weighted by Crippen LogP contribution is 2.29. The lowest BCUT2D eigenvalue weighted by Gasteiger charge is -2.32. The monoisotopic (exact) mass is 364 g/mol. The van der Waals surface area contributed by atoms with Crippen LogP contribution in [0.3, 0.4) is 0 Å². The zero-order chi connectivity index (χ0) is 15.7. The molecule has 1 atom stereocenters. The molecule has 1 aliphatic rings. The maximum Gasteiger partial charge on any atom is 0.289 e. The summed E-state index contributed by atoms with van der Waals surface area (Å²) >= 11 is 3.47. The summed E-state index contributed by atoms with van der Waals surface area (Å²) in [6, 6.07) is 5.84. The third-order valence-electron chi connectivity index (χ3n) is 4.39. The molecule has 0 saturated carbocycles. The Morgan fingerprint density at radius 3 is 3.09 bits per heavy atom. The summed E-state index contributed by atoms with van der Waals surface area (Å²) in [5.74, 6) is 1.03. The number of nitrogens with one attached hydrogen (secondary N) is 1. The standard InChI is InChI=1S/C17H21BrN2O2/c1-11-14-8-13(18)5-6-15(14)22-16(11)17(21)20-7-3-4-12(10-20)9-19-2/h5-6,8,12,19H,3-4,7,9-10H2,1-2H3. The van der Waals surface area contributed by atoms with Crippen molar-refractivity contribution in [3.63, 3.8) is 0 Å². The minimum Gasteiger partial charge on any atom is -0.451 e. The van der Waals surface area contributed by atoms with E-state index in [0.717, 1.165) is 47.1 Å². The van der Waals surface area contributed by atoms with E-state index in [1.165, 1.54) is 6.42 Å². The third-order valence-corrected chi connectivity index (χ3v) is 4.88. The topological polar surface area (TPSA) is 45.5 Å². The van der Waals surface area contributed by atoms with Crippen molar-refractivity contribution in [3.8, 4) is 0 Å². The lowest BCUT2D eigenvalue weighted by atomic mass is 9.97. The zero-order valence-electron chi connectivity index (χ0n) is 13.0. The maximum atomic E-state index is 12.8. The van der Waals surface area contributed by atoms with Crippen LogP contribution >= 0.6 is 15.9 Å². The van der Waals surface area contributed by atoms with Gasteiger partial charge in [0, 0.05) is 28.5 Å². The quantitative estimate of drug-likeness (QED) is 0.905. The molecule has 4 nitrogen and oxygen atoms in total. The first-order valence-corrected chi connectivity index (χ1v) is 8.52. The number of fused-ring (bicyclic) bond motifs is 1. The fourth-order valence-electron chi connectivity index (χ4n) is 3.25. The lowest BCUT2D eigenvalue weighted by molar-refractivity contribution is 0.0643. The van der Waals surface area contributed by atoms with Crippen molar-refractivity contribution in [1.82, 2.24) is 10.2 Å². The largest absolute Gasteiger partial charge is 0.451 e. The van der Waals surface area contributed by atoms with Crippen LogP contribution in [0.4, 0.5) is 0 Å². The Hall–Kier alpha value is -1.33. The highest BCUT2D eigenvalue weighted by Gasteiger charge is 2.27. The van der Waals surface area contributed by atoms with E-state index in [1.54, 1.807) is 0 Å². The average molecular weight is 365 g/mol. The van der Waals surface area contributed by atoms with E-state index in [-0.39, 0.29) is 5.91 Å². The zero-order valence-corrected chi connectivity index (χ0v) is 14.6. The number of halogens is 1. The molecule has 1 fully saturated rings. The van der Waals surface area contributed by atoms with Gasteiger partial charge in [-0.2, -0.15) is 0 Å². The second-order valence-corrected chi connectivity index (χ2v) is 6.93. The number of benzene rings is 1. The Balaban J connectivity index is 1.87. The van der Waals surface area contributed by atoms with Crippen LogP contribution < -0.4 is 5.32 Å². The van der Waals surface area contributed by atoms with E-state index in [9.17, 15) is 4.79 Å². The Labute approximate surface area is 139 Å². The summed E-state index contributed by atoms with van der Waals surface area (Å²) in [7, 11) is 1.96. The fourth-order valence-corrected chi connectivity index (χ4v) is 3.61. The van der Waals surface area contributed by atoms with Gasteiger partial charge in [-0.3, -0.25) is 4.79 Å².